The highest BCUT2D eigenvalue weighted by Gasteiger charge is 2.58. The standard InChI is InChI=1S/C23H34FN3O2/c1-4-5-6-14-26(15-19-10-12-20(24)13-11-19)16-27-21(28)23(25-22(27)29)17(2)8-7-9-18(23)3/h10-13,17-18H,4-9,14-16H2,1-3H3,(H,25,29)/t17-,18+,23?. The van der Waals surface area contributed by atoms with Crippen LogP contribution in [0.3, 0.4) is 0 Å². The van der Waals surface area contributed by atoms with Crippen molar-refractivity contribution < 1.29 is 14.0 Å². The number of hydrogen-bond donors (Lipinski definition) is 1. The normalized spacial score (nSPS) is 27.1. The van der Waals surface area contributed by atoms with Gasteiger partial charge in [0.1, 0.15) is 11.4 Å². The van der Waals surface area contributed by atoms with Crippen molar-refractivity contribution in [3.8, 4) is 0 Å². The topological polar surface area (TPSA) is 52.6 Å². The van der Waals surface area contributed by atoms with Crippen LogP contribution >= 0.6 is 0 Å². The summed E-state index contributed by atoms with van der Waals surface area (Å²) in [5.41, 5.74) is 0.212. The Morgan fingerprint density at radius 1 is 1.14 bits per heavy atom. The number of urea groups is 1. The minimum absolute atomic E-state index is 0.0817. The molecule has 1 unspecified atom stereocenters. The van der Waals surface area contributed by atoms with Crippen LogP contribution in [0.4, 0.5) is 9.18 Å². The van der Waals surface area contributed by atoms with Crippen molar-refractivity contribution in [2.75, 3.05) is 13.2 Å². The summed E-state index contributed by atoms with van der Waals surface area (Å²) >= 11 is 0. The number of benzene rings is 1. The van der Waals surface area contributed by atoms with Gasteiger partial charge in [-0.25, -0.2) is 14.1 Å². The number of imide groups is 1. The van der Waals surface area contributed by atoms with E-state index in [4.69, 9.17) is 0 Å². The van der Waals surface area contributed by atoms with Gasteiger partial charge < -0.3 is 5.32 Å². The smallest absolute Gasteiger partial charge is 0.323 e. The highest BCUT2D eigenvalue weighted by atomic mass is 19.1. The van der Waals surface area contributed by atoms with Crippen LogP contribution in [0.1, 0.15) is 64.9 Å². The summed E-state index contributed by atoms with van der Waals surface area (Å²) in [6.07, 6.45) is 6.21. The molecule has 6 heteroatoms. The van der Waals surface area contributed by atoms with E-state index in [1.807, 2.05) is 0 Å². The maximum atomic E-state index is 13.4. The number of rotatable bonds is 8. The fraction of sp³-hybridized carbons (Fsp3) is 0.652. The van der Waals surface area contributed by atoms with E-state index in [1.165, 1.54) is 17.0 Å². The van der Waals surface area contributed by atoms with Gasteiger partial charge in [-0.2, -0.15) is 0 Å². The molecule has 3 atom stereocenters. The molecule has 1 saturated carbocycles. The first kappa shape index (κ1) is 21.8. The average molecular weight is 404 g/mol. The lowest BCUT2D eigenvalue weighted by Crippen LogP contribution is -2.59. The minimum Gasteiger partial charge on any atom is -0.323 e. The Bertz CT molecular complexity index is 711. The monoisotopic (exact) mass is 403 g/mol. The van der Waals surface area contributed by atoms with Crippen LogP contribution in [-0.2, 0) is 11.3 Å². The number of nitrogens with zero attached hydrogens (tertiary/aromatic N) is 2. The second-order valence-corrected chi connectivity index (χ2v) is 8.79. The lowest BCUT2D eigenvalue weighted by molar-refractivity contribution is -0.138. The van der Waals surface area contributed by atoms with Gasteiger partial charge in [0.15, 0.2) is 0 Å². The molecule has 29 heavy (non-hydrogen) atoms. The van der Waals surface area contributed by atoms with Gasteiger partial charge in [-0.15, -0.1) is 0 Å². The van der Waals surface area contributed by atoms with Crippen LogP contribution in [0.2, 0.25) is 0 Å². The predicted molar refractivity (Wildman–Crippen MR) is 111 cm³/mol. The molecule has 3 amide bonds. The van der Waals surface area contributed by atoms with Gasteiger partial charge in [-0.05, 0) is 48.8 Å². The Hall–Kier alpha value is -1.95. The molecule has 0 radical (unpaired) electrons. The SMILES string of the molecule is CCCCCN(Cc1ccc(F)cc1)CN1C(=O)NC2(C1=O)[C@H](C)CCC[C@@H]2C. The summed E-state index contributed by atoms with van der Waals surface area (Å²) in [6.45, 7) is 7.95. The van der Waals surface area contributed by atoms with Crippen molar-refractivity contribution in [2.24, 2.45) is 11.8 Å². The molecule has 2 aliphatic rings. The van der Waals surface area contributed by atoms with Crippen LogP contribution in [-0.4, -0.2) is 40.5 Å². The molecule has 1 saturated heterocycles. The third kappa shape index (κ3) is 4.47. The number of carbonyl (C=O) groups is 2. The van der Waals surface area contributed by atoms with Crippen LogP contribution < -0.4 is 5.32 Å². The van der Waals surface area contributed by atoms with Gasteiger partial charge in [-0.3, -0.25) is 9.69 Å². The Kier molecular flexibility index (Phi) is 6.93. The lowest BCUT2D eigenvalue weighted by atomic mass is 9.67. The summed E-state index contributed by atoms with van der Waals surface area (Å²) in [5.74, 6) is -0.0684. The predicted octanol–water partition coefficient (Wildman–Crippen LogP) is 4.52. The van der Waals surface area contributed by atoms with Crippen molar-refractivity contribution in [1.29, 1.82) is 0 Å². The summed E-state index contributed by atoms with van der Waals surface area (Å²) in [7, 11) is 0. The fourth-order valence-corrected chi connectivity index (χ4v) is 4.91. The zero-order chi connectivity index (χ0) is 21.0. The summed E-state index contributed by atoms with van der Waals surface area (Å²) < 4.78 is 13.3. The molecule has 1 N–H and O–H groups in total. The Morgan fingerprint density at radius 3 is 2.41 bits per heavy atom. The first-order valence-electron chi connectivity index (χ1n) is 11.0. The van der Waals surface area contributed by atoms with Gasteiger partial charge in [0.05, 0.1) is 6.67 Å². The first-order valence-corrected chi connectivity index (χ1v) is 11.0. The maximum absolute atomic E-state index is 13.4. The fourth-order valence-electron chi connectivity index (χ4n) is 4.91. The van der Waals surface area contributed by atoms with Crippen LogP contribution in [0.25, 0.3) is 0 Å². The second kappa shape index (κ2) is 9.24. The highest BCUT2D eigenvalue weighted by molar-refractivity contribution is 6.07. The molecular formula is C23H34FN3O2. The van der Waals surface area contributed by atoms with E-state index in [1.54, 1.807) is 12.1 Å². The number of nitrogens with one attached hydrogen (secondary N) is 1. The molecule has 1 aromatic carbocycles. The van der Waals surface area contributed by atoms with Gasteiger partial charge in [0.25, 0.3) is 5.91 Å². The van der Waals surface area contributed by atoms with Gasteiger partial charge in [0, 0.05) is 13.1 Å². The number of halogens is 1. The quantitative estimate of drug-likeness (QED) is 0.513. The number of hydrogen-bond acceptors (Lipinski definition) is 3. The Labute approximate surface area is 173 Å². The van der Waals surface area contributed by atoms with E-state index in [9.17, 15) is 14.0 Å². The molecule has 0 bridgehead atoms. The van der Waals surface area contributed by atoms with Crippen molar-refractivity contribution >= 4 is 11.9 Å². The zero-order valence-electron chi connectivity index (χ0n) is 17.9. The molecule has 0 aromatic heterocycles. The minimum atomic E-state index is -0.764. The maximum Gasteiger partial charge on any atom is 0.326 e. The molecule has 160 valence electrons. The van der Waals surface area contributed by atoms with Crippen molar-refractivity contribution in [2.45, 2.75) is 71.4 Å². The highest BCUT2D eigenvalue weighted by Crippen LogP contribution is 2.42. The number of unbranched alkanes of at least 4 members (excludes halogenated alkanes) is 2. The first-order chi connectivity index (χ1) is 13.9. The van der Waals surface area contributed by atoms with E-state index in [0.29, 0.717) is 6.54 Å². The van der Waals surface area contributed by atoms with E-state index < -0.39 is 5.54 Å². The average Bonchev–Trinajstić information content (AvgIpc) is 2.94. The summed E-state index contributed by atoms with van der Waals surface area (Å²) in [4.78, 5) is 29.8. The van der Waals surface area contributed by atoms with E-state index in [2.05, 4.69) is 31.0 Å². The molecule has 3 rings (SSSR count). The Morgan fingerprint density at radius 2 is 1.79 bits per heavy atom. The number of carbonyl (C=O) groups excluding carboxylic acids is 2. The van der Waals surface area contributed by atoms with Crippen molar-refractivity contribution in [3.63, 3.8) is 0 Å². The molecule has 1 aliphatic carbocycles. The van der Waals surface area contributed by atoms with Crippen LogP contribution in [0, 0.1) is 17.7 Å². The van der Waals surface area contributed by atoms with E-state index in [0.717, 1.165) is 50.6 Å². The summed E-state index contributed by atoms with van der Waals surface area (Å²) in [5, 5.41) is 3.07. The lowest BCUT2D eigenvalue weighted by Gasteiger charge is -2.42. The van der Waals surface area contributed by atoms with E-state index >= 15 is 0 Å². The molecule has 1 spiro atoms. The molecule has 5 nitrogen and oxygen atoms in total. The van der Waals surface area contributed by atoms with Crippen molar-refractivity contribution in [1.82, 2.24) is 15.1 Å². The van der Waals surface area contributed by atoms with Gasteiger partial charge in [0.2, 0.25) is 0 Å². The largest absolute Gasteiger partial charge is 0.326 e. The van der Waals surface area contributed by atoms with Crippen LogP contribution in [0.5, 0.6) is 0 Å². The van der Waals surface area contributed by atoms with Gasteiger partial charge in [-0.1, -0.05) is 52.2 Å². The Balaban J connectivity index is 1.76. The third-order valence-electron chi connectivity index (χ3n) is 6.73. The van der Waals surface area contributed by atoms with Gasteiger partial charge >= 0.3 is 6.03 Å². The molecular weight excluding hydrogens is 369 g/mol. The summed E-state index contributed by atoms with van der Waals surface area (Å²) in [6, 6.07) is 6.15. The second-order valence-electron chi connectivity index (χ2n) is 8.79. The molecule has 1 aliphatic heterocycles. The molecule has 1 heterocycles. The van der Waals surface area contributed by atoms with E-state index in [-0.39, 0.29) is 36.3 Å². The molecule has 1 aromatic rings. The van der Waals surface area contributed by atoms with Crippen molar-refractivity contribution in [3.05, 3.63) is 35.6 Å². The van der Waals surface area contributed by atoms with Crippen LogP contribution in [0.15, 0.2) is 24.3 Å². The molecule has 2 fully saturated rings. The third-order valence-corrected chi connectivity index (χ3v) is 6.73. The zero-order valence-corrected chi connectivity index (χ0v) is 17.9. The number of amides is 3.